The average Bonchev–Trinajstić information content (AvgIpc) is 2.01. The van der Waals surface area contributed by atoms with Crippen molar-refractivity contribution in [1.29, 1.82) is 0 Å². The molecule has 0 aliphatic heterocycles. The molecule has 0 bridgehead atoms. The largest absolute Gasteiger partial charge is 0.478 e. The lowest BCUT2D eigenvalue weighted by Crippen LogP contribution is -2.05. The SMILES string of the molecule is O=C(O)c1cccc(S(=O)(=O)F)c1F. The summed E-state index contributed by atoms with van der Waals surface area (Å²) in [7, 11) is -5.23. The Labute approximate surface area is 78.0 Å². The minimum atomic E-state index is -5.23. The van der Waals surface area contributed by atoms with Crippen LogP contribution >= 0.6 is 0 Å². The van der Waals surface area contributed by atoms with Crippen LogP contribution in [-0.4, -0.2) is 19.5 Å². The lowest BCUT2D eigenvalue weighted by atomic mass is 10.2. The molecule has 0 spiro atoms. The van der Waals surface area contributed by atoms with E-state index >= 15 is 0 Å². The second-order valence-corrected chi connectivity index (χ2v) is 3.68. The highest BCUT2D eigenvalue weighted by Crippen LogP contribution is 2.19. The number of aromatic carboxylic acids is 1. The van der Waals surface area contributed by atoms with Gasteiger partial charge in [-0.2, -0.15) is 8.42 Å². The molecular formula is C7H4F2O4S. The van der Waals surface area contributed by atoms with E-state index in [4.69, 9.17) is 5.11 Å². The Morgan fingerprint density at radius 1 is 1.36 bits per heavy atom. The second-order valence-electron chi connectivity index (χ2n) is 2.36. The van der Waals surface area contributed by atoms with Gasteiger partial charge in [0.15, 0.2) is 5.82 Å². The van der Waals surface area contributed by atoms with Crippen molar-refractivity contribution in [1.82, 2.24) is 0 Å². The van der Waals surface area contributed by atoms with Gasteiger partial charge in [0.25, 0.3) is 0 Å². The van der Waals surface area contributed by atoms with Gasteiger partial charge < -0.3 is 5.11 Å². The maximum Gasteiger partial charge on any atom is 0.338 e. The third-order valence-corrected chi connectivity index (χ3v) is 2.30. The van der Waals surface area contributed by atoms with Crippen LogP contribution < -0.4 is 0 Å². The van der Waals surface area contributed by atoms with Crippen molar-refractivity contribution in [3.63, 3.8) is 0 Å². The lowest BCUT2D eigenvalue weighted by molar-refractivity contribution is 0.0691. The molecule has 76 valence electrons. The number of carboxylic acid groups (broad SMARTS) is 1. The zero-order valence-corrected chi connectivity index (χ0v) is 7.38. The van der Waals surface area contributed by atoms with E-state index in [2.05, 4.69) is 0 Å². The molecule has 0 radical (unpaired) electrons. The molecule has 0 saturated heterocycles. The van der Waals surface area contributed by atoms with Crippen molar-refractivity contribution in [3.05, 3.63) is 29.6 Å². The number of benzene rings is 1. The third kappa shape index (κ3) is 1.87. The first-order valence-corrected chi connectivity index (χ1v) is 4.69. The predicted molar refractivity (Wildman–Crippen MR) is 41.7 cm³/mol. The molecule has 1 N–H and O–H groups in total. The van der Waals surface area contributed by atoms with E-state index in [1.165, 1.54) is 0 Å². The van der Waals surface area contributed by atoms with Crippen LogP contribution in [-0.2, 0) is 10.2 Å². The number of hydrogen-bond donors (Lipinski definition) is 1. The smallest absolute Gasteiger partial charge is 0.338 e. The zero-order chi connectivity index (χ0) is 10.9. The fraction of sp³-hybridized carbons (Fsp3) is 0. The molecule has 1 rings (SSSR count). The van der Waals surface area contributed by atoms with Crippen molar-refractivity contribution in [2.24, 2.45) is 0 Å². The van der Waals surface area contributed by atoms with Gasteiger partial charge in [-0.1, -0.05) is 6.07 Å². The van der Waals surface area contributed by atoms with Gasteiger partial charge >= 0.3 is 16.2 Å². The summed E-state index contributed by atoms with van der Waals surface area (Å²) in [6.07, 6.45) is 0. The summed E-state index contributed by atoms with van der Waals surface area (Å²) in [6, 6.07) is 2.43. The minimum Gasteiger partial charge on any atom is -0.478 e. The maximum atomic E-state index is 13.0. The molecule has 0 fully saturated rings. The van der Waals surface area contributed by atoms with E-state index in [1.54, 1.807) is 0 Å². The average molecular weight is 222 g/mol. The first-order chi connectivity index (χ1) is 6.34. The Kier molecular flexibility index (Phi) is 2.52. The van der Waals surface area contributed by atoms with E-state index in [0.717, 1.165) is 12.1 Å². The number of carbonyl (C=O) groups is 1. The van der Waals surface area contributed by atoms with Crippen LogP contribution in [0, 0.1) is 5.82 Å². The van der Waals surface area contributed by atoms with Gasteiger partial charge in [-0.05, 0) is 12.1 Å². The standard InChI is InChI=1S/C7H4F2O4S/c8-6-4(7(10)11)2-1-3-5(6)14(9,12)13/h1-3H,(H,10,11). The van der Waals surface area contributed by atoms with Crippen molar-refractivity contribution < 1.29 is 26.6 Å². The molecule has 7 heteroatoms. The molecule has 4 nitrogen and oxygen atoms in total. The Hall–Kier alpha value is -1.50. The number of carboxylic acids is 1. The van der Waals surface area contributed by atoms with Crippen LogP contribution in [0.1, 0.15) is 10.4 Å². The Morgan fingerprint density at radius 2 is 1.93 bits per heavy atom. The molecular weight excluding hydrogens is 218 g/mol. The highest BCUT2D eigenvalue weighted by atomic mass is 32.3. The number of rotatable bonds is 2. The van der Waals surface area contributed by atoms with E-state index in [-0.39, 0.29) is 0 Å². The van der Waals surface area contributed by atoms with Crippen LogP contribution in [0.4, 0.5) is 8.28 Å². The highest BCUT2D eigenvalue weighted by molar-refractivity contribution is 7.86. The molecule has 1 aromatic rings. The summed E-state index contributed by atoms with van der Waals surface area (Å²) in [6.45, 7) is 0. The van der Waals surface area contributed by atoms with Gasteiger partial charge in [-0.3, -0.25) is 0 Å². The van der Waals surface area contributed by atoms with Gasteiger partial charge in [0.1, 0.15) is 4.90 Å². The maximum absolute atomic E-state index is 13.0. The summed E-state index contributed by atoms with van der Waals surface area (Å²) in [5, 5.41) is 8.40. The molecule has 0 atom stereocenters. The quantitative estimate of drug-likeness (QED) is 0.762. The van der Waals surface area contributed by atoms with Gasteiger partial charge in [0.2, 0.25) is 0 Å². The Morgan fingerprint density at radius 3 is 2.36 bits per heavy atom. The summed E-state index contributed by atoms with van der Waals surface area (Å²) in [4.78, 5) is 9.08. The summed E-state index contributed by atoms with van der Waals surface area (Å²) in [5.41, 5.74) is -0.885. The zero-order valence-electron chi connectivity index (χ0n) is 6.57. The fourth-order valence-electron chi connectivity index (χ4n) is 0.864. The van der Waals surface area contributed by atoms with E-state index in [0.29, 0.717) is 6.07 Å². The molecule has 0 heterocycles. The molecule has 14 heavy (non-hydrogen) atoms. The van der Waals surface area contributed by atoms with E-state index in [9.17, 15) is 21.5 Å². The third-order valence-electron chi connectivity index (χ3n) is 1.46. The van der Waals surface area contributed by atoms with Crippen molar-refractivity contribution in [2.45, 2.75) is 4.90 Å². The summed E-state index contributed by atoms with van der Waals surface area (Å²) in [5.74, 6) is -3.25. The molecule has 0 aromatic heterocycles. The first kappa shape index (κ1) is 10.6. The van der Waals surface area contributed by atoms with Crippen molar-refractivity contribution in [3.8, 4) is 0 Å². The predicted octanol–water partition coefficient (Wildman–Crippen LogP) is 1.18. The second kappa shape index (κ2) is 3.33. The summed E-state index contributed by atoms with van der Waals surface area (Å²) >= 11 is 0. The van der Waals surface area contributed by atoms with Crippen LogP contribution in [0.25, 0.3) is 0 Å². The number of hydrogen-bond acceptors (Lipinski definition) is 3. The van der Waals surface area contributed by atoms with Crippen LogP contribution in [0.5, 0.6) is 0 Å². The van der Waals surface area contributed by atoms with Gasteiger partial charge in [-0.25, -0.2) is 9.18 Å². The normalized spacial score (nSPS) is 11.3. The monoisotopic (exact) mass is 222 g/mol. The lowest BCUT2D eigenvalue weighted by Gasteiger charge is -2.00. The van der Waals surface area contributed by atoms with Crippen LogP contribution in [0.15, 0.2) is 23.1 Å². The van der Waals surface area contributed by atoms with Crippen molar-refractivity contribution in [2.75, 3.05) is 0 Å². The highest BCUT2D eigenvalue weighted by Gasteiger charge is 2.22. The van der Waals surface area contributed by atoms with Crippen LogP contribution in [0.2, 0.25) is 0 Å². The molecule has 0 aliphatic rings. The van der Waals surface area contributed by atoms with E-state index in [1.807, 2.05) is 0 Å². The molecule has 0 aliphatic carbocycles. The topological polar surface area (TPSA) is 71.4 Å². The minimum absolute atomic E-state index is 0.650. The fourth-order valence-corrected chi connectivity index (χ4v) is 1.43. The van der Waals surface area contributed by atoms with E-state index < -0.39 is 32.5 Å². The van der Waals surface area contributed by atoms with Gasteiger partial charge in [-0.15, -0.1) is 3.89 Å². The first-order valence-electron chi connectivity index (χ1n) is 3.30. The Bertz CT molecular complexity index is 480. The number of halogens is 2. The molecule has 1 aromatic carbocycles. The van der Waals surface area contributed by atoms with Gasteiger partial charge in [0.05, 0.1) is 5.56 Å². The summed E-state index contributed by atoms with van der Waals surface area (Å²) < 4.78 is 46.0. The molecule has 0 amide bonds. The van der Waals surface area contributed by atoms with Crippen LogP contribution in [0.3, 0.4) is 0 Å². The Balaban J connectivity index is 3.51. The van der Waals surface area contributed by atoms with Gasteiger partial charge in [0, 0.05) is 0 Å². The molecule has 0 unspecified atom stereocenters. The van der Waals surface area contributed by atoms with Crippen molar-refractivity contribution >= 4 is 16.2 Å². The molecule has 0 saturated carbocycles.